The molecule has 5 heteroatoms. The number of ether oxygens (including phenoxy) is 2. The highest BCUT2D eigenvalue weighted by Gasteiger charge is 2.32. The van der Waals surface area contributed by atoms with Gasteiger partial charge < -0.3 is 19.9 Å². The van der Waals surface area contributed by atoms with E-state index in [0.717, 1.165) is 25.0 Å². The molecule has 3 atom stereocenters. The van der Waals surface area contributed by atoms with Crippen molar-refractivity contribution in [1.29, 1.82) is 0 Å². The summed E-state index contributed by atoms with van der Waals surface area (Å²) in [6, 6.07) is 15.6. The van der Waals surface area contributed by atoms with Crippen LogP contribution in [0.2, 0.25) is 0 Å². The number of hydrogen-bond acceptors (Lipinski definition) is 4. The predicted octanol–water partition coefficient (Wildman–Crippen LogP) is 3.16. The average Bonchev–Trinajstić information content (AvgIpc) is 2.62. The van der Waals surface area contributed by atoms with E-state index in [0.29, 0.717) is 18.9 Å². The van der Waals surface area contributed by atoms with Crippen LogP contribution < -0.4 is 14.8 Å². The molecule has 0 saturated heterocycles. The first-order valence-corrected chi connectivity index (χ1v) is 8.74. The maximum Gasteiger partial charge on any atom is 0.126 e. The fourth-order valence-corrected chi connectivity index (χ4v) is 3.13. The summed E-state index contributed by atoms with van der Waals surface area (Å²) in [5.74, 6) is 0.979. The molecule has 0 bridgehead atoms. The van der Waals surface area contributed by atoms with E-state index >= 15 is 0 Å². The van der Waals surface area contributed by atoms with Gasteiger partial charge in [-0.15, -0.1) is 0 Å². The molecular formula is C20H24FNO3. The molecule has 25 heavy (non-hydrogen) atoms. The Kier molecular flexibility index (Phi) is 6.25. The van der Waals surface area contributed by atoms with Gasteiger partial charge in [-0.3, -0.25) is 0 Å². The van der Waals surface area contributed by atoms with Crippen molar-refractivity contribution in [3.63, 3.8) is 0 Å². The van der Waals surface area contributed by atoms with E-state index in [1.807, 2.05) is 30.3 Å². The van der Waals surface area contributed by atoms with Gasteiger partial charge in [0.25, 0.3) is 0 Å². The van der Waals surface area contributed by atoms with Crippen LogP contribution in [0, 0.1) is 5.82 Å². The lowest BCUT2D eigenvalue weighted by molar-refractivity contribution is -0.0158. The molecule has 0 spiro atoms. The summed E-state index contributed by atoms with van der Waals surface area (Å²) in [6.07, 6.45) is 1.96. The number of nitrogens with one attached hydrogen (secondary N) is 1. The minimum atomic E-state index is -0.567. The Morgan fingerprint density at radius 3 is 2.64 bits per heavy atom. The summed E-state index contributed by atoms with van der Waals surface area (Å²) in [4.78, 5) is 0. The number of hydrogen-bond donors (Lipinski definition) is 2. The second-order valence-corrected chi connectivity index (χ2v) is 6.26. The summed E-state index contributed by atoms with van der Waals surface area (Å²) in [7, 11) is 0. The summed E-state index contributed by atoms with van der Waals surface area (Å²) >= 11 is 0. The van der Waals surface area contributed by atoms with Gasteiger partial charge in [-0.25, -0.2) is 4.39 Å². The molecule has 2 aromatic carbocycles. The second kappa shape index (κ2) is 8.83. The predicted molar refractivity (Wildman–Crippen MR) is 94.4 cm³/mol. The van der Waals surface area contributed by atoms with Crippen LogP contribution >= 0.6 is 0 Å². The SMILES string of the molecule is O[C@@H]1[C@@H](NCCOc2cccc(F)c2)CCC[C@H]1Oc1ccccc1. The van der Waals surface area contributed by atoms with E-state index in [1.165, 1.54) is 12.1 Å². The van der Waals surface area contributed by atoms with Crippen LogP contribution in [0.15, 0.2) is 54.6 Å². The van der Waals surface area contributed by atoms with Crippen LogP contribution in [0.1, 0.15) is 19.3 Å². The molecule has 4 nitrogen and oxygen atoms in total. The fourth-order valence-electron chi connectivity index (χ4n) is 3.13. The lowest BCUT2D eigenvalue weighted by Gasteiger charge is -2.35. The molecule has 0 radical (unpaired) electrons. The van der Waals surface area contributed by atoms with Crippen LogP contribution in [0.5, 0.6) is 11.5 Å². The Hall–Kier alpha value is -2.11. The molecule has 3 rings (SSSR count). The fraction of sp³-hybridized carbons (Fsp3) is 0.400. The van der Waals surface area contributed by atoms with Crippen molar-refractivity contribution in [3.8, 4) is 11.5 Å². The Morgan fingerprint density at radius 2 is 1.84 bits per heavy atom. The topological polar surface area (TPSA) is 50.7 Å². The van der Waals surface area contributed by atoms with Gasteiger partial charge in [0.15, 0.2) is 0 Å². The monoisotopic (exact) mass is 345 g/mol. The van der Waals surface area contributed by atoms with E-state index in [4.69, 9.17) is 9.47 Å². The van der Waals surface area contributed by atoms with Gasteiger partial charge in [-0.2, -0.15) is 0 Å². The van der Waals surface area contributed by atoms with Crippen molar-refractivity contribution < 1.29 is 19.0 Å². The molecule has 0 aromatic heterocycles. The Labute approximate surface area is 147 Å². The van der Waals surface area contributed by atoms with Gasteiger partial charge in [0.1, 0.15) is 36.1 Å². The maximum absolute atomic E-state index is 13.1. The Morgan fingerprint density at radius 1 is 1.04 bits per heavy atom. The quantitative estimate of drug-likeness (QED) is 0.757. The second-order valence-electron chi connectivity index (χ2n) is 6.26. The van der Waals surface area contributed by atoms with Gasteiger partial charge >= 0.3 is 0 Å². The standard InChI is InChI=1S/C20H24FNO3/c21-15-6-4-9-17(14-15)24-13-12-22-18-10-5-11-19(20(18)23)25-16-7-2-1-3-8-16/h1-4,6-9,14,18-20,22-23H,5,10-13H2/t18-,19+,20+/m0/s1. The summed E-state index contributed by atoms with van der Waals surface area (Å²) < 4.78 is 24.5. The Balaban J connectivity index is 1.44. The summed E-state index contributed by atoms with van der Waals surface area (Å²) in [5, 5.41) is 13.9. The third-order valence-electron chi connectivity index (χ3n) is 4.40. The van der Waals surface area contributed by atoms with E-state index in [2.05, 4.69) is 5.32 Å². The summed E-state index contributed by atoms with van der Waals surface area (Å²) in [6.45, 7) is 0.993. The summed E-state index contributed by atoms with van der Waals surface area (Å²) in [5.41, 5.74) is 0. The zero-order valence-corrected chi connectivity index (χ0v) is 14.1. The largest absolute Gasteiger partial charge is 0.492 e. The van der Waals surface area contributed by atoms with Crippen molar-refractivity contribution >= 4 is 0 Å². The number of benzene rings is 2. The smallest absolute Gasteiger partial charge is 0.126 e. The van der Waals surface area contributed by atoms with Crippen LogP contribution in [0.3, 0.4) is 0 Å². The van der Waals surface area contributed by atoms with Crippen molar-refractivity contribution in [3.05, 3.63) is 60.4 Å². The minimum Gasteiger partial charge on any atom is -0.492 e. The third kappa shape index (κ3) is 5.18. The van der Waals surface area contributed by atoms with Crippen molar-refractivity contribution in [1.82, 2.24) is 5.32 Å². The number of rotatable bonds is 7. The van der Waals surface area contributed by atoms with E-state index in [-0.39, 0.29) is 18.0 Å². The molecule has 2 N–H and O–H groups in total. The molecule has 0 aliphatic heterocycles. The van der Waals surface area contributed by atoms with Crippen molar-refractivity contribution in [2.75, 3.05) is 13.2 Å². The van der Waals surface area contributed by atoms with E-state index < -0.39 is 6.10 Å². The number of para-hydroxylation sites is 1. The molecule has 0 amide bonds. The number of aliphatic hydroxyl groups is 1. The molecule has 1 saturated carbocycles. The highest BCUT2D eigenvalue weighted by molar-refractivity contribution is 5.22. The first kappa shape index (κ1) is 17.7. The maximum atomic E-state index is 13.1. The third-order valence-corrected chi connectivity index (χ3v) is 4.40. The van der Waals surface area contributed by atoms with Crippen LogP contribution in [-0.4, -0.2) is 36.5 Å². The molecule has 1 aliphatic carbocycles. The van der Waals surface area contributed by atoms with Crippen LogP contribution in [0.25, 0.3) is 0 Å². The van der Waals surface area contributed by atoms with E-state index in [1.54, 1.807) is 12.1 Å². The average molecular weight is 345 g/mol. The highest BCUT2D eigenvalue weighted by Crippen LogP contribution is 2.24. The number of halogens is 1. The lowest BCUT2D eigenvalue weighted by Crippen LogP contribution is -2.51. The van der Waals surface area contributed by atoms with Gasteiger partial charge in [0.2, 0.25) is 0 Å². The molecule has 1 aliphatic rings. The molecule has 0 unspecified atom stereocenters. The normalized spacial score (nSPS) is 23.2. The molecular weight excluding hydrogens is 321 g/mol. The molecule has 134 valence electrons. The minimum absolute atomic E-state index is 0.0291. The highest BCUT2D eigenvalue weighted by atomic mass is 19.1. The first-order valence-electron chi connectivity index (χ1n) is 8.74. The zero-order valence-electron chi connectivity index (χ0n) is 14.1. The van der Waals surface area contributed by atoms with Gasteiger partial charge in [0, 0.05) is 18.7 Å². The lowest BCUT2D eigenvalue weighted by atomic mass is 9.90. The van der Waals surface area contributed by atoms with Crippen molar-refractivity contribution in [2.45, 2.75) is 37.5 Å². The van der Waals surface area contributed by atoms with Gasteiger partial charge in [-0.1, -0.05) is 24.3 Å². The van der Waals surface area contributed by atoms with Crippen LogP contribution in [-0.2, 0) is 0 Å². The van der Waals surface area contributed by atoms with Crippen molar-refractivity contribution in [2.24, 2.45) is 0 Å². The van der Waals surface area contributed by atoms with Gasteiger partial charge in [0.05, 0.1) is 0 Å². The van der Waals surface area contributed by atoms with E-state index in [9.17, 15) is 9.50 Å². The van der Waals surface area contributed by atoms with Crippen LogP contribution in [0.4, 0.5) is 4.39 Å². The molecule has 2 aromatic rings. The molecule has 0 heterocycles. The zero-order chi connectivity index (χ0) is 17.5. The number of aliphatic hydroxyl groups excluding tert-OH is 1. The molecule has 1 fully saturated rings. The Bertz CT molecular complexity index is 652. The first-order chi connectivity index (χ1) is 12.2. The van der Waals surface area contributed by atoms with Gasteiger partial charge in [-0.05, 0) is 43.5 Å².